The maximum absolute atomic E-state index is 13.4. The van der Waals surface area contributed by atoms with E-state index in [0.717, 1.165) is 18.8 Å². The fourth-order valence-corrected chi connectivity index (χ4v) is 2.58. The maximum Gasteiger partial charge on any atom is 0.242 e. The lowest BCUT2D eigenvalue weighted by molar-refractivity contribution is -0.126. The quantitative estimate of drug-likeness (QED) is 0.852. The van der Waals surface area contributed by atoms with E-state index in [1.54, 1.807) is 37.3 Å². The topological polar surface area (TPSA) is 50.2 Å². The van der Waals surface area contributed by atoms with E-state index in [1.165, 1.54) is 12.1 Å². The number of halogens is 1. The van der Waals surface area contributed by atoms with Gasteiger partial charge in [-0.1, -0.05) is 19.1 Å². The molecule has 0 aliphatic heterocycles. The molecule has 1 amide bonds. The van der Waals surface area contributed by atoms with Crippen molar-refractivity contribution in [2.45, 2.75) is 32.5 Å². The Hall–Kier alpha value is -2.21. The van der Waals surface area contributed by atoms with Gasteiger partial charge in [-0.05, 0) is 38.2 Å². The Morgan fingerprint density at radius 2 is 2.22 bits per heavy atom. The molecule has 0 aliphatic carbocycles. The van der Waals surface area contributed by atoms with Crippen molar-refractivity contribution < 1.29 is 9.18 Å². The average molecular weight is 318 g/mol. The SMILES string of the molecule is CCCn1ccnc1CNC(=O)C(c1cccc(F)c1)N(C)C. The largest absolute Gasteiger partial charge is 0.347 e. The smallest absolute Gasteiger partial charge is 0.242 e. The Kier molecular flexibility index (Phi) is 5.87. The maximum atomic E-state index is 13.4. The number of rotatable bonds is 7. The van der Waals surface area contributed by atoms with E-state index in [0.29, 0.717) is 12.1 Å². The lowest BCUT2D eigenvalue weighted by atomic mass is 10.1. The summed E-state index contributed by atoms with van der Waals surface area (Å²) in [6, 6.07) is 5.59. The van der Waals surface area contributed by atoms with E-state index in [-0.39, 0.29) is 11.7 Å². The molecule has 5 nitrogen and oxygen atoms in total. The molecular weight excluding hydrogens is 295 g/mol. The van der Waals surface area contributed by atoms with Crippen LogP contribution in [0.15, 0.2) is 36.7 Å². The van der Waals surface area contributed by atoms with Crippen LogP contribution in [0.4, 0.5) is 4.39 Å². The average Bonchev–Trinajstić information content (AvgIpc) is 2.93. The predicted molar refractivity (Wildman–Crippen MR) is 87.2 cm³/mol. The van der Waals surface area contributed by atoms with Gasteiger partial charge < -0.3 is 9.88 Å². The molecule has 1 N–H and O–H groups in total. The number of carbonyl (C=O) groups excluding carboxylic acids is 1. The second kappa shape index (κ2) is 7.87. The molecule has 124 valence electrons. The van der Waals surface area contributed by atoms with Crippen molar-refractivity contribution in [3.63, 3.8) is 0 Å². The summed E-state index contributed by atoms with van der Waals surface area (Å²) in [4.78, 5) is 18.6. The highest BCUT2D eigenvalue weighted by molar-refractivity contribution is 5.83. The van der Waals surface area contributed by atoms with Crippen LogP contribution < -0.4 is 5.32 Å². The molecule has 23 heavy (non-hydrogen) atoms. The molecule has 2 rings (SSSR count). The van der Waals surface area contributed by atoms with E-state index in [2.05, 4.69) is 17.2 Å². The summed E-state index contributed by atoms with van der Waals surface area (Å²) in [6.45, 7) is 3.31. The zero-order valence-electron chi connectivity index (χ0n) is 13.8. The summed E-state index contributed by atoms with van der Waals surface area (Å²) < 4.78 is 15.5. The Balaban J connectivity index is 2.08. The monoisotopic (exact) mass is 318 g/mol. The van der Waals surface area contributed by atoms with Crippen LogP contribution in [0.2, 0.25) is 0 Å². The van der Waals surface area contributed by atoms with E-state index in [9.17, 15) is 9.18 Å². The third-order valence-corrected chi connectivity index (χ3v) is 3.62. The number of hydrogen-bond donors (Lipinski definition) is 1. The minimum Gasteiger partial charge on any atom is -0.347 e. The molecule has 1 aromatic heterocycles. The van der Waals surface area contributed by atoms with Crippen LogP contribution >= 0.6 is 0 Å². The Morgan fingerprint density at radius 3 is 2.87 bits per heavy atom. The van der Waals surface area contributed by atoms with Crippen LogP contribution in [0.3, 0.4) is 0 Å². The van der Waals surface area contributed by atoms with E-state index in [4.69, 9.17) is 0 Å². The number of nitrogens with one attached hydrogen (secondary N) is 1. The van der Waals surface area contributed by atoms with Gasteiger partial charge in [0.05, 0.1) is 6.54 Å². The molecule has 1 heterocycles. The Labute approximate surface area is 136 Å². The van der Waals surface area contributed by atoms with Crippen LogP contribution in [-0.4, -0.2) is 34.5 Å². The minimum absolute atomic E-state index is 0.174. The number of likely N-dealkylation sites (N-methyl/N-ethyl adjacent to an activating group) is 1. The Bertz CT molecular complexity index is 654. The highest BCUT2D eigenvalue weighted by Crippen LogP contribution is 2.19. The van der Waals surface area contributed by atoms with Crippen LogP contribution in [0, 0.1) is 5.82 Å². The number of benzene rings is 1. The fourth-order valence-electron chi connectivity index (χ4n) is 2.58. The zero-order chi connectivity index (χ0) is 16.8. The first-order chi connectivity index (χ1) is 11.0. The third kappa shape index (κ3) is 4.39. The van der Waals surface area contributed by atoms with Gasteiger partial charge in [-0.25, -0.2) is 9.37 Å². The zero-order valence-corrected chi connectivity index (χ0v) is 13.8. The van der Waals surface area contributed by atoms with Crippen LogP contribution in [-0.2, 0) is 17.9 Å². The first-order valence-corrected chi connectivity index (χ1v) is 7.72. The van der Waals surface area contributed by atoms with Crippen molar-refractivity contribution in [2.75, 3.05) is 14.1 Å². The molecule has 0 fully saturated rings. The number of carbonyl (C=O) groups is 1. The number of hydrogen-bond acceptors (Lipinski definition) is 3. The van der Waals surface area contributed by atoms with Gasteiger partial charge in [-0.15, -0.1) is 0 Å². The van der Waals surface area contributed by atoms with Crippen molar-refractivity contribution >= 4 is 5.91 Å². The molecule has 0 aliphatic rings. The lowest BCUT2D eigenvalue weighted by Gasteiger charge is -2.24. The van der Waals surface area contributed by atoms with Crippen molar-refractivity contribution in [3.8, 4) is 0 Å². The molecule has 0 saturated heterocycles. The van der Waals surface area contributed by atoms with Crippen molar-refractivity contribution in [3.05, 3.63) is 53.9 Å². The summed E-state index contributed by atoms with van der Waals surface area (Å²) in [7, 11) is 3.60. The van der Waals surface area contributed by atoms with Crippen molar-refractivity contribution in [1.29, 1.82) is 0 Å². The normalized spacial score (nSPS) is 12.4. The van der Waals surface area contributed by atoms with Crippen LogP contribution in [0.5, 0.6) is 0 Å². The molecule has 0 saturated carbocycles. The standard InChI is InChI=1S/C17H23FN4O/c1-4-9-22-10-8-19-15(22)12-20-17(23)16(21(2)3)13-6-5-7-14(18)11-13/h5-8,10-11,16H,4,9,12H2,1-3H3,(H,20,23). The van der Waals surface area contributed by atoms with Gasteiger partial charge in [0.2, 0.25) is 5.91 Å². The first kappa shape index (κ1) is 17.1. The van der Waals surface area contributed by atoms with Gasteiger partial charge in [0.15, 0.2) is 0 Å². The van der Waals surface area contributed by atoms with Gasteiger partial charge >= 0.3 is 0 Å². The van der Waals surface area contributed by atoms with E-state index in [1.807, 2.05) is 10.8 Å². The molecule has 1 atom stereocenters. The predicted octanol–water partition coefficient (Wildman–Crippen LogP) is 2.35. The summed E-state index contributed by atoms with van der Waals surface area (Å²) >= 11 is 0. The summed E-state index contributed by atoms with van der Waals surface area (Å²) in [6.07, 6.45) is 4.63. The van der Waals surface area contributed by atoms with Crippen LogP contribution in [0.25, 0.3) is 0 Å². The molecule has 6 heteroatoms. The van der Waals surface area contributed by atoms with E-state index < -0.39 is 6.04 Å². The molecule has 2 aromatic rings. The number of aryl methyl sites for hydroxylation is 1. The van der Waals surface area contributed by atoms with Gasteiger partial charge in [-0.3, -0.25) is 9.69 Å². The van der Waals surface area contributed by atoms with Gasteiger partial charge in [-0.2, -0.15) is 0 Å². The van der Waals surface area contributed by atoms with E-state index >= 15 is 0 Å². The molecule has 1 aromatic carbocycles. The Morgan fingerprint density at radius 1 is 1.43 bits per heavy atom. The third-order valence-electron chi connectivity index (χ3n) is 3.62. The summed E-state index contributed by atoms with van der Waals surface area (Å²) in [5.41, 5.74) is 0.629. The van der Waals surface area contributed by atoms with Crippen molar-refractivity contribution in [2.24, 2.45) is 0 Å². The van der Waals surface area contributed by atoms with Gasteiger partial charge in [0.25, 0.3) is 0 Å². The fraction of sp³-hybridized carbons (Fsp3) is 0.412. The van der Waals surface area contributed by atoms with Gasteiger partial charge in [0.1, 0.15) is 17.7 Å². The van der Waals surface area contributed by atoms with Crippen molar-refractivity contribution in [1.82, 2.24) is 19.8 Å². The molecule has 0 radical (unpaired) electrons. The lowest BCUT2D eigenvalue weighted by Crippen LogP contribution is -2.37. The number of aromatic nitrogens is 2. The summed E-state index contributed by atoms with van der Waals surface area (Å²) in [5.74, 6) is 0.296. The molecule has 1 unspecified atom stereocenters. The first-order valence-electron chi connectivity index (χ1n) is 7.72. The minimum atomic E-state index is -0.541. The number of imidazole rings is 1. The highest BCUT2D eigenvalue weighted by atomic mass is 19.1. The van der Waals surface area contributed by atoms with Gasteiger partial charge in [0, 0.05) is 18.9 Å². The molecule has 0 bridgehead atoms. The second-order valence-electron chi connectivity index (χ2n) is 5.68. The highest BCUT2D eigenvalue weighted by Gasteiger charge is 2.23. The molecule has 0 spiro atoms. The molecular formula is C17H23FN4O. The number of amides is 1. The summed E-state index contributed by atoms with van der Waals surface area (Å²) in [5, 5.41) is 2.90. The second-order valence-corrected chi connectivity index (χ2v) is 5.68. The number of nitrogens with zero attached hydrogens (tertiary/aromatic N) is 3. The van der Waals surface area contributed by atoms with Crippen LogP contribution in [0.1, 0.15) is 30.8 Å².